The molecule has 0 aromatic heterocycles. The number of hydrogen-bond acceptors (Lipinski definition) is 5. The lowest BCUT2D eigenvalue weighted by atomic mass is 10.2. The number of anilines is 1. The lowest BCUT2D eigenvalue weighted by Gasteiger charge is -2.14. The Morgan fingerprint density at radius 3 is 2.19 bits per heavy atom. The topological polar surface area (TPSA) is 62.9 Å². The molecule has 0 saturated carbocycles. The van der Waals surface area contributed by atoms with Gasteiger partial charge in [-0.15, -0.1) is 0 Å². The van der Waals surface area contributed by atoms with Crippen molar-refractivity contribution < 1.29 is 18.9 Å². The monoisotopic (exact) mass is 351 g/mol. The highest BCUT2D eigenvalue weighted by Crippen LogP contribution is 2.38. The fourth-order valence-corrected chi connectivity index (χ4v) is 2.41. The Balaban J connectivity index is 1.76. The van der Waals surface area contributed by atoms with Crippen molar-refractivity contribution in [1.29, 1.82) is 0 Å². The lowest BCUT2D eigenvalue weighted by molar-refractivity contribution is 0.302. The van der Waals surface area contributed by atoms with Crippen molar-refractivity contribution in [1.82, 2.24) is 0 Å². The minimum atomic E-state index is 0.479. The van der Waals surface area contributed by atoms with Gasteiger partial charge in [0.2, 0.25) is 0 Å². The second kappa shape index (κ2) is 8.16. The van der Waals surface area contributed by atoms with E-state index in [1.54, 1.807) is 44.6 Å². The van der Waals surface area contributed by atoms with Gasteiger partial charge in [0.25, 0.3) is 0 Å². The van der Waals surface area contributed by atoms with Crippen LogP contribution in [0.3, 0.4) is 0 Å². The molecule has 0 aliphatic rings. The van der Waals surface area contributed by atoms with Crippen LogP contribution in [0.4, 0.5) is 5.69 Å². The van der Waals surface area contributed by atoms with Crippen molar-refractivity contribution in [2.75, 3.05) is 20.0 Å². The molecular weight excluding hydrogens is 330 g/mol. The van der Waals surface area contributed by atoms with E-state index in [1.807, 2.05) is 36.4 Å². The second-order valence-electron chi connectivity index (χ2n) is 5.59. The summed E-state index contributed by atoms with van der Waals surface area (Å²) in [4.78, 5) is 0. The van der Waals surface area contributed by atoms with Gasteiger partial charge in [-0.2, -0.15) is 0 Å². The van der Waals surface area contributed by atoms with E-state index in [0.717, 1.165) is 5.56 Å². The van der Waals surface area contributed by atoms with Crippen molar-refractivity contribution in [3.63, 3.8) is 0 Å². The summed E-state index contributed by atoms with van der Waals surface area (Å²) in [6, 6.07) is 20.6. The van der Waals surface area contributed by atoms with Gasteiger partial charge in [-0.3, -0.25) is 0 Å². The van der Waals surface area contributed by atoms with Crippen molar-refractivity contribution in [2.45, 2.75) is 6.61 Å². The van der Waals surface area contributed by atoms with Crippen LogP contribution in [0, 0.1) is 0 Å². The molecule has 0 unspecified atom stereocenters. The van der Waals surface area contributed by atoms with Crippen LogP contribution in [-0.2, 0) is 6.61 Å². The first kappa shape index (κ1) is 17.5. The van der Waals surface area contributed by atoms with Gasteiger partial charge in [0.15, 0.2) is 17.2 Å². The summed E-state index contributed by atoms with van der Waals surface area (Å²) in [6.45, 7) is 0.479. The molecule has 3 aromatic carbocycles. The fourth-order valence-electron chi connectivity index (χ4n) is 2.41. The van der Waals surface area contributed by atoms with Crippen LogP contribution in [0.2, 0.25) is 0 Å². The third-order valence-electron chi connectivity index (χ3n) is 3.82. The molecule has 0 atom stereocenters. The standard InChI is InChI=1S/C21H21NO4/c1-23-16-8-10-18(22)20(12-16)26-19-11-9-17(13-21(19)24-2)25-14-15-6-4-3-5-7-15/h3-13H,14,22H2,1-2H3. The fraction of sp³-hybridized carbons (Fsp3) is 0.143. The summed E-state index contributed by atoms with van der Waals surface area (Å²) < 4.78 is 22.4. The highest BCUT2D eigenvalue weighted by atomic mass is 16.5. The molecule has 0 bridgehead atoms. The number of hydrogen-bond donors (Lipinski definition) is 1. The summed E-state index contributed by atoms with van der Waals surface area (Å²) >= 11 is 0. The molecule has 0 aliphatic heterocycles. The van der Waals surface area contributed by atoms with Crippen LogP contribution in [0.1, 0.15) is 5.56 Å². The van der Waals surface area contributed by atoms with Crippen LogP contribution < -0.4 is 24.7 Å². The van der Waals surface area contributed by atoms with Gasteiger partial charge >= 0.3 is 0 Å². The summed E-state index contributed by atoms with van der Waals surface area (Å²) in [5.41, 5.74) is 7.58. The molecule has 26 heavy (non-hydrogen) atoms. The number of nitrogen functional groups attached to an aromatic ring is 1. The predicted octanol–water partition coefficient (Wildman–Crippen LogP) is 4.66. The molecular formula is C21H21NO4. The van der Waals surface area contributed by atoms with E-state index in [9.17, 15) is 0 Å². The van der Waals surface area contributed by atoms with E-state index in [1.165, 1.54) is 0 Å². The number of nitrogens with two attached hydrogens (primary N) is 1. The minimum Gasteiger partial charge on any atom is -0.497 e. The van der Waals surface area contributed by atoms with Gasteiger partial charge in [-0.25, -0.2) is 0 Å². The first-order valence-electron chi connectivity index (χ1n) is 8.15. The Bertz CT molecular complexity index is 865. The maximum atomic E-state index is 5.98. The summed E-state index contributed by atoms with van der Waals surface area (Å²) in [7, 11) is 3.17. The van der Waals surface area contributed by atoms with E-state index in [4.69, 9.17) is 24.7 Å². The number of benzene rings is 3. The largest absolute Gasteiger partial charge is 0.497 e. The molecule has 0 amide bonds. The average Bonchev–Trinajstić information content (AvgIpc) is 2.69. The normalized spacial score (nSPS) is 10.2. The van der Waals surface area contributed by atoms with E-state index in [-0.39, 0.29) is 0 Å². The first-order valence-corrected chi connectivity index (χ1v) is 8.15. The summed E-state index contributed by atoms with van der Waals surface area (Å²) in [5.74, 6) is 2.95. The Morgan fingerprint density at radius 1 is 0.731 bits per heavy atom. The first-order chi connectivity index (χ1) is 12.7. The van der Waals surface area contributed by atoms with Gasteiger partial charge < -0.3 is 24.7 Å². The molecule has 0 heterocycles. The highest BCUT2D eigenvalue weighted by molar-refractivity contribution is 5.58. The number of ether oxygens (including phenoxy) is 4. The Labute approximate surface area is 152 Å². The van der Waals surface area contributed by atoms with Gasteiger partial charge in [-0.05, 0) is 29.8 Å². The molecule has 0 fully saturated rings. The van der Waals surface area contributed by atoms with E-state index >= 15 is 0 Å². The Morgan fingerprint density at radius 2 is 1.46 bits per heavy atom. The molecule has 2 N–H and O–H groups in total. The lowest BCUT2D eigenvalue weighted by Crippen LogP contribution is -1.98. The van der Waals surface area contributed by atoms with E-state index in [0.29, 0.717) is 41.0 Å². The average molecular weight is 351 g/mol. The quantitative estimate of drug-likeness (QED) is 0.627. The number of methoxy groups -OCH3 is 2. The zero-order valence-corrected chi connectivity index (χ0v) is 14.8. The van der Waals surface area contributed by atoms with Crippen molar-refractivity contribution in [3.05, 3.63) is 72.3 Å². The van der Waals surface area contributed by atoms with Crippen LogP contribution in [0.15, 0.2) is 66.7 Å². The smallest absolute Gasteiger partial charge is 0.169 e. The number of rotatable bonds is 7. The van der Waals surface area contributed by atoms with Crippen LogP contribution in [0.25, 0.3) is 0 Å². The zero-order valence-electron chi connectivity index (χ0n) is 14.8. The third kappa shape index (κ3) is 4.19. The van der Waals surface area contributed by atoms with Gasteiger partial charge in [0.05, 0.1) is 19.9 Å². The molecule has 0 spiro atoms. The molecule has 0 radical (unpaired) electrons. The van der Waals surface area contributed by atoms with Crippen LogP contribution in [0.5, 0.6) is 28.7 Å². The molecule has 0 saturated heterocycles. The maximum Gasteiger partial charge on any atom is 0.169 e. The van der Waals surface area contributed by atoms with Crippen LogP contribution >= 0.6 is 0 Å². The Hall–Kier alpha value is -3.34. The molecule has 134 valence electrons. The Kier molecular flexibility index (Phi) is 5.49. The van der Waals surface area contributed by atoms with Crippen LogP contribution in [-0.4, -0.2) is 14.2 Å². The van der Waals surface area contributed by atoms with E-state index < -0.39 is 0 Å². The van der Waals surface area contributed by atoms with Gasteiger partial charge in [-0.1, -0.05) is 30.3 Å². The van der Waals surface area contributed by atoms with Gasteiger partial charge in [0.1, 0.15) is 18.1 Å². The SMILES string of the molecule is COc1ccc(N)c(Oc2ccc(OCc3ccccc3)cc2OC)c1. The molecule has 5 heteroatoms. The maximum absolute atomic E-state index is 5.98. The van der Waals surface area contributed by atoms with Crippen molar-refractivity contribution in [2.24, 2.45) is 0 Å². The molecule has 3 aromatic rings. The van der Waals surface area contributed by atoms with Crippen molar-refractivity contribution >= 4 is 5.69 Å². The highest BCUT2D eigenvalue weighted by Gasteiger charge is 2.11. The third-order valence-corrected chi connectivity index (χ3v) is 3.82. The summed E-state index contributed by atoms with van der Waals surface area (Å²) in [5, 5.41) is 0. The van der Waals surface area contributed by atoms with E-state index in [2.05, 4.69) is 0 Å². The molecule has 0 aliphatic carbocycles. The predicted molar refractivity (Wildman–Crippen MR) is 101 cm³/mol. The molecule has 3 rings (SSSR count). The van der Waals surface area contributed by atoms with Gasteiger partial charge in [0, 0.05) is 12.1 Å². The minimum absolute atomic E-state index is 0.479. The zero-order chi connectivity index (χ0) is 18.4. The molecule has 5 nitrogen and oxygen atoms in total. The second-order valence-corrected chi connectivity index (χ2v) is 5.59. The summed E-state index contributed by atoms with van der Waals surface area (Å²) in [6.07, 6.45) is 0. The van der Waals surface area contributed by atoms with Crippen molar-refractivity contribution in [3.8, 4) is 28.7 Å².